The van der Waals surface area contributed by atoms with Gasteiger partial charge in [0.2, 0.25) is 0 Å². The Kier molecular flexibility index (Phi) is 4.94. The second-order valence-electron chi connectivity index (χ2n) is 6.43. The van der Waals surface area contributed by atoms with E-state index in [1.807, 2.05) is 11.3 Å². The molecular weight excluding hydrogens is 276 g/mol. The summed E-state index contributed by atoms with van der Waals surface area (Å²) >= 11 is 1.92. The van der Waals surface area contributed by atoms with Gasteiger partial charge in [-0.05, 0) is 62.8 Å². The number of nitrogens with one attached hydrogen (secondary N) is 1. The third kappa shape index (κ3) is 3.85. The molecule has 1 aromatic heterocycles. The van der Waals surface area contributed by atoms with Gasteiger partial charge in [-0.15, -0.1) is 11.3 Å². The topological polar surface area (TPSA) is 15.3 Å². The molecule has 1 aliphatic heterocycles. The zero-order valence-corrected chi connectivity index (χ0v) is 14.0. The summed E-state index contributed by atoms with van der Waals surface area (Å²) in [4.78, 5) is 4.06. The van der Waals surface area contributed by atoms with Gasteiger partial charge in [0.25, 0.3) is 0 Å². The molecule has 21 heavy (non-hydrogen) atoms. The summed E-state index contributed by atoms with van der Waals surface area (Å²) in [6.45, 7) is 9.60. The first-order valence-electron chi connectivity index (χ1n) is 8.16. The van der Waals surface area contributed by atoms with Crippen LogP contribution in [0.5, 0.6) is 0 Å². The molecule has 2 unspecified atom stereocenters. The van der Waals surface area contributed by atoms with Crippen molar-refractivity contribution in [3.8, 4) is 0 Å². The molecule has 2 atom stereocenters. The minimum Gasteiger partial charge on any atom is -0.309 e. The van der Waals surface area contributed by atoms with Gasteiger partial charge in [-0.1, -0.05) is 25.1 Å². The highest BCUT2D eigenvalue weighted by molar-refractivity contribution is 7.19. The van der Waals surface area contributed by atoms with Crippen molar-refractivity contribution < 1.29 is 0 Å². The lowest BCUT2D eigenvalue weighted by Gasteiger charge is -2.22. The quantitative estimate of drug-likeness (QED) is 0.856. The largest absolute Gasteiger partial charge is 0.309 e. The van der Waals surface area contributed by atoms with Crippen LogP contribution in [0.3, 0.4) is 0 Å². The fourth-order valence-electron chi connectivity index (χ4n) is 3.16. The lowest BCUT2D eigenvalue weighted by atomic mass is 10.1. The third-order valence-electron chi connectivity index (χ3n) is 4.41. The molecule has 0 amide bonds. The van der Waals surface area contributed by atoms with Crippen LogP contribution in [-0.4, -0.2) is 31.1 Å². The number of rotatable bonds is 6. The number of fused-ring (bicyclic) bond motifs is 1. The van der Waals surface area contributed by atoms with Crippen molar-refractivity contribution in [2.45, 2.75) is 32.7 Å². The van der Waals surface area contributed by atoms with Crippen molar-refractivity contribution in [1.82, 2.24) is 10.2 Å². The Morgan fingerprint density at radius 3 is 2.71 bits per heavy atom. The summed E-state index contributed by atoms with van der Waals surface area (Å²) in [5.41, 5.74) is 0. The summed E-state index contributed by atoms with van der Waals surface area (Å²) in [6, 6.07) is 11.4. The third-order valence-corrected chi connectivity index (χ3v) is 5.71. The molecule has 0 saturated carbocycles. The summed E-state index contributed by atoms with van der Waals surface area (Å²) < 4.78 is 1.39. The van der Waals surface area contributed by atoms with Crippen LogP contribution in [0.4, 0.5) is 0 Å². The van der Waals surface area contributed by atoms with Crippen LogP contribution < -0.4 is 5.32 Å². The number of benzene rings is 1. The van der Waals surface area contributed by atoms with Crippen LogP contribution in [0.15, 0.2) is 30.3 Å². The van der Waals surface area contributed by atoms with E-state index < -0.39 is 0 Å². The maximum atomic E-state index is 3.72. The van der Waals surface area contributed by atoms with Crippen molar-refractivity contribution in [1.29, 1.82) is 0 Å². The Balaban J connectivity index is 1.52. The molecule has 0 radical (unpaired) electrons. The van der Waals surface area contributed by atoms with Crippen LogP contribution in [0.25, 0.3) is 10.1 Å². The average Bonchev–Trinajstić information content (AvgIpc) is 3.13. The maximum Gasteiger partial charge on any atom is 0.0386 e. The number of likely N-dealkylation sites (tertiary alicyclic amines) is 1. The average molecular weight is 302 g/mol. The van der Waals surface area contributed by atoms with E-state index in [-0.39, 0.29) is 0 Å². The molecule has 2 aromatic rings. The number of nitrogens with zero attached hydrogens (tertiary/aromatic N) is 1. The number of hydrogen-bond donors (Lipinski definition) is 1. The van der Waals surface area contributed by atoms with Gasteiger partial charge in [-0.3, -0.25) is 0 Å². The van der Waals surface area contributed by atoms with Crippen molar-refractivity contribution in [2.24, 2.45) is 5.92 Å². The standard InChI is InChI=1S/C18H26N2S/c1-14(13-20-9-5-6-10-20)12-19-15(2)18-11-16-7-3-4-8-17(16)21-18/h3-4,7-8,11,14-15,19H,5-6,9-10,12-13H2,1-2H3. The molecule has 0 aliphatic carbocycles. The van der Waals surface area contributed by atoms with Gasteiger partial charge in [0.15, 0.2) is 0 Å². The van der Waals surface area contributed by atoms with Crippen LogP contribution >= 0.6 is 11.3 Å². The fourth-order valence-corrected chi connectivity index (χ4v) is 4.26. The van der Waals surface area contributed by atoms with E-state index in [2.05, 4.69) is 54.4 Å². The number of thiophene rings is 1. The molecular formula is C18H26N2S. The van der Waals surface area contributed by atoms with E-state index in [9.17, 15) is 0 Å². The van der Waals surface area contributed by atoms with Gasteiger partial charge in [-0.25, -0.2) is 0 Å². The second kappa shape index (κ2) is 6.91. The van der Waals surface area contributed by atoms with Gasteiger partial charge in [0.05, 0.1) is 0 Å². The molecule has 114 valence electrons. The van der Waals surface area contributed by atoms with Crippen LogP contribution in [0.2, 0.25) is 0 Å². The van der Waals surface area contributed by atoms with E-state index in [1.54, 1.807) is 0 Å². The van der Waals surface area contributed by atoms with Gasteiger partial charge in [-0.2, -0.15) is 0 Å². The summed E-state index contributed by atoms with van der Waals surface area (Å²) in [5, 5.41) is 5.09. The Bertz CT molecular complexity index is 538. The minimum atomic E-state index is 0.448. The molecule has 1 N–H and O–H groups in total. The zero-order valence-electron chi connectivity index (χ0n) is 13.1. The molecule has 2 nitrogen and oxygen atoms in total. The molecule has 1 aromatic carbocycles. The van der Waals surface area contributed by atoms with Crippen molar-refractivity contribution in [3.63, 3.8) is 0 Å². The summed E-state index contributed by atoms with van der Waals surface area (Å²) in [5.74, 6) is 0.722. The lowest BCUT2D eigenvalue weighted by Crippen LogP contribution is -2.32. The SMILES string of the molecule is CC(CNC(C)c1cc2ccccc2s1)CN1CCCC1. The first-order valence-corrected chi connectivity index (χ1v) is 8.98. The minimum absolute atomic E-state index is 0.448. The van der Waals surface area contributed by atoms with Gasteiger partial charge >= 0.3 is 0 Å². The molecule has 3 rings (SSSR count). The molecule has 2 heterocycles. The zero-order chi connectivity index (χ0) is 14.7. The summed E-state index contributed by atoms with van der Waals surface area (Å²) in [7, 11) is 0. The predicted molar refractivity (Wildman–Crippen MR) is 93.1 cm³/mol. The summed E-state index contributed by atoms with van der Waals surface area (Å²) in [6.07, 6.45) is 2.77. The predicted octanol–water partition coefficient (Wildman–Crippen LogP) is 4.28. The van der Waals surface area contributed by atoms with Gasteiger partial charge in [0.1, 0.15) is 0 Å². The van der Waals surface area contributed by atoms with Crippen LogP contribution in [-0.2, 0) is 0 Å². The molecule has 3 heteroatoms. The molecule has 1 aliphatic rings. The lowest BCUT2D eigenvalue weighted by molar-refractivity contribution is 0.279. The number of hydrogen-bond acceptors (Lipinski definition) is 3. The highest BCUT2D eigenvalue weighted by Gasteiger charge is 2.16. The highest BCUT2D eigenvalue weighted by Crippen LogP contribution is 2.29. The monoisotopic (exact) mass is 302 g/mol. The molecule has 0 bridgehead atoms. The second-order valence-corrected chi connectivity index (χ2v) is 7.54. The maximum absolute atomic E-state index is 3.72. The molecule has 0 spiro atoms. The van der Waals surface area contributed by atoms with Crippen molar-refractivity contribution >= 4 is 21.4 Å². The van der Waals surface area contributed by atoms with E-state index in [4.69, 9.17) is 0 Å². The first kappa shape index (κ1) is 15.0. The molecule has 1 saturated heterocycles. The van der Waals surface area contributed by atoms with Crippen LogP contribution in [0.1, 0.15) is 37.6 Å². The van der Waals surface area contributed by atoms with Gasteiger partial charge in [0, 0.05) is 22.2 Å². The van der Waals surface area contributed by atoms with E-state index in [1.165, 1.54) is 47.4 Å². The van der Waals surface area contributed by atoms with E-state index in [0.29, 0.717) is 6.04 Å². The van der Waals surface area contributed by atoms with Crippen LogP contribution in [0, 0.1) is 5.92 Å². The highest BCUT2D eigenvalue weighted by atomic mass is 32.1. The molecule has 1 fully saturated rings. The Morgan fingerprint density at radius 2 is 1.95 bits per heavy atom. The Labute approximate surface area is 132 Å². The smallest absolute Gasteiger partial charge is 0.0386 e. The van der Waals surface area contributed by atoms with Crippen molar-refractivity contribution in [3.05, 3.63) is 35.2 Å². The van der Waals surface area contributed by atoms with E-state index in [0.717, 1.165) is 12.5 Å². The van der Waals surface area contributed by atoms with E-state index >= 15 is 0 Å². The van der Waals surface area contributed by atoms with Gasteiger partial charge < -0.3 is 10.2 Å². The Hall–Kier alpha value is -0.900. The van der Waals surface area contributed by atoms with Crippen molar-refractivity contribution in [2.75, 3.05) is 26.2 Å². The fraction of sp³-hybridized carbons (Fsp3) is 0.556. The normalized spacial score (nSPS) is 19.1. The first-order chi connectivity index (χ1) is 10.2. The Morgan fingerprint density at radius 1 is 1.19 bits per heavy atom.